The SMILES string of the molecule is O=C(NC(CCCCNC1CC1c1cccc(O)c1)C(=O)NCc1cccc(-c2cccc(C3CC3NCCCCC(NC(=O)c3cnco3)C(=O)NCc3ccc(C(F)(F)F)cc3)c2)c1)c1ccco1. The summed E-state index contributed by atoms with van der Waals surface area (Å²) in [5.74, 6) is -0.738. The van der Waals surface area contributed by atoms with E-state index in [1.807, 2.05) is 42.5 Å². The number of amides is 4. The normalized spacial score (nSPS) is 18.0. The Hall–Kier alpha value is -7.24. The number of phenolic OH excluding ortho intramolecular Hbond substituents is 1. The van der Waals surface area contributed by atoms with Gasteiger partial charge in [0.25, 0.3) is 11.8 Å². The molecule has 6 unspecified atom stereocenters. The van der Waals surface area contributed by atoms with Crippen molar-refractivity contribution in [2.75, 3.05) is 13.1 Å². The zero-order chi connectivity index (χ0) is 49.7. The molecule has 2 fully saturated rings. The molecule has 2 aromatic heterocycles. The molecule has 0 aliphatic heterocycles. The minimum Gasteiger partial charge on any atom is -0.508 e. The summed E-state index contributed by atoms with van der Waals surface area (Å²) in [5.41, 5.74) is 5.00. The molecule has 2 aliphatic carbocycles. The van der Waals surface area contributed by atoms with Crippen LogP contribution in [0.1, 0.15) is 112 Å². The van der Waals surface area contributed by atoms with Crippen LogP contribution in [0.5, 0.6) is 5.75 Å². The van der Waals surface area contributed by atoms with Crippen LogP contribution < -0.4 is 31.9 Å². The molecule has 2 aliphatic rings. The molecular formula is C54H58F3N7O7. The number of oxazole rings is 1. The first-order valence-electron chi connectivity index (χ1n) is 24.1. The lowest BCUT2D eigenvalue weighted by Crippen LogP contribution is -2.46. The van der Waals surface area contributed by atoms with Gasteiger partial charge in [0.1, 0.15) is 17.8 Å². The van der Waals surface area contributed by atoms with E-state index in [2.05, 4.69) is 61.2 Å². The van der Waals surface area contributed by atoms with Crippen molar-refractivity contribution in [3.8, 4) is 16.9 Å². The standard InChI is InChI=1S/C54H58F3N7O7/c55-54(56,57)40-20-18-34(19-21-40)30-61-50(66)45(64-53(69)49-32-58-33-71-49)16-2-4-22-59-46-28-42(46)38-12-6-11-37(26-38)36-10-5-9-35(25-36)31-62-51(67)44(63-52(68)48-17-8-24-70-48)15-1-3-23-60-47-29-43(47)39-13-7-14-41(65)27-39/h5-14,17-21,24-27,32-33,42-47,59-60,65H,1-4,15-16,22-23,28-31H2,(H,61,66)(H,62,67)(H,63,68)(H,64,69). The number of hydrogen-bond donors (Lipinski definition) is 7. The molecule has 0 spiro atoms. The van der Waals surface area contributed by atoms with Gasteiger partial charge in [0, 0.05) is 37.0 Å². The van der Waals surface area contributed by atoms with E-state index in [4.69, 9.17) is 8.83 Å². The Morgan fingerprint density at radius 2 is 1.21 bits per heavy atom. The molecule has 0 bridgehead atoms. The number of alkyl halides is 3. The molecule has 0 radical (unpaired) electrons. The topological polar surface area (TPSA) is 200 Å². The van der Waals surface area contributed by atoms with Gasteiger partial charge in [-0.2, -0.15) is 13.2 Å². The lowest BCUT2D eigenvalue weighted by Gasteiger charge is -2.18. The van der Waals surface area contributed by atoms with E-state index in [9.17, 15) is 37.5 Å². The van der Waals surface area contributed by atoms with Crippen molar-refractivity contribution in [2.45, 2.75) is 107 Å². The molecule has 372 valence electrons. The first kappa shape index (κ1) is 50.2. The number of nitrogens with zero attached hydrogens (tertiary/aromatic N) is 1. The summed E-state index contributed by atoms with van der Waals surface area (Å²) in [6.45, 7) is 1.73. The molecule has 0 saturated heterocycles. The fourth-order valence-corrected chi connectivity index (χ4v) is 8.83. The van der Waals surface area contributed by atoms with Crippen LogP contribution in [-0.4, -0.2) is 71.0 Å². The first-order valence-corrected chi connectivity index (χ1v) is 24.1. The van der Waals surface area contributed by atoms with Crippen LogP contribution in [0.3, 0.4) is 0 Å². The molecule has 8 rings (SSSR count). The van der Waals surface area contributed by atoms with Crippen LogP contribution in [0, 0.1) is 0 Å². The number of aromatic nitrogens is 1. The Kier molecular flexibility index (Phi) is 16.7. The molecule has 4 amide bonds. The predicted molar refractivity (Wildman–Crippen MR) is 259 cm³/mol. The minimum atomic E-state index is -4.47. The van der Waals surface area contributed by atoms with Gasteiger partial charge in [-0.15, -0.1) is 0 Å². The van der Waals surface area contributed by atoms with E-state index in [0.29, 0.717) is 55.7 Å². The van der Waals surface area contributed by atoms with E-state index in [0.717, 1.165) is 73.0 Å². The van der Waals surface area contributed by atoms with E-state index >= 15 is 0 Å². The Balaban J connectivity index is 0.781. The second-order valence-corrected chi connectivity index (χ2v) is 18.2. The Morgan fingerprint density at radius 1 is 0.634 bits per heavy atom. The second kappa shape index (κ2) is 23.6. The Labute approximate surface area is 409 Å². The highest BCUT2D eigenvalue weighted by atomic mass is 19.4. The number of phenols is 1. The average molecular weight is 974 g/mol. The van der Waals surface area contributed by atoms with Crippen molar-refractivity contribution < 1.29 is 46.3 Å². The number of carbonyl (C=O) groups is 4. The van der Waals surface area contributed by atoms with Gasteiger partial charge in [0.15, 0.2) is 12.2 Å². The van der Waals surface area contributed by atoms with E-state index in [1.54, 1.807) is 18.2 Å². The van der Waals surface area contributed by atoms with E-state index in [1.165, 1.54) is 30.2 Å². The summed E-state index contributed by atoms with van der Waals surface area (Å²) < 4.78 is 49.4. The third-order valence-electron chi connectivity index (χ3n) is 13.0. The van der Waals surface area contributed by atoms with Crippen LogP contribution >= 0.6 is 0 Å². The maximum Gasteiger partial charge on any atom is 0.416 e. The number of halogens is 3. The van der Waals surface area contributed by atoms with Gasteiger partial charge in [-0.1, -0.05) is 66.7 Å². The molecule has 71 heavy (non-hydrogen) atoms. The smallest absolute Gasteiger partial charge is 0.416 e. The van der Waals surface area contributed by atoms with Gasteiger partial charge in [-0.25, -0.2) is 4.98 Å². The lowest BCUT2D eigenvalue weighted by atomic mass is 9.99. The number of rotatable bonds is 25. The highest BCUT2D eigenvalue weighted by molar-refractivity contribution is 5.96. The van der Waals surface area contributed by atoms with Gasteiger partial charge in [-0.05, 0) is 140 Å². The molecule has 14 nitrogen and oxygen atoms in total. The van der Waals surface area contributed by atoms with Gasteiger partial charge in [0.2, 0.25) is 17.6 Å². The predicted octanol–water partition coefficient (Wildman–Crippen LogP) is 8.12. The molecule has 7 N–H and O–H groups in total. The van der Waals surface area contributed by atoms with E-state index < -0.39 is 41.5 Å². The fraction of sp³-hybridized carbons (Fsp3) is 0.352. The zero-order valence-corrected chi connectivity index (χ0v) is 39.1. The van der Waals surface area contributed by atoms with Crippen molar-refractivity contribution in [2.24, 2.45) is 0 Å². The fourth-order valence-electron chi connectivity index (χ4n) is 8.83. The van der Waals surface area contributed by atoms with Crippen LogP contribution in [0.25, 0.3) is 11.1 Å². The summed E-state index contributed by atoms with van der Waals surface area (Å²) in [6.07, 6.45) is 4.94. The summed E-state index contributed by atoms with van der Waals surface area (Å²) in [7, 11) is 0. The number of furan rings is 1. The molecule has 6 aromatic rings. The van der Waals surface area contributed by atoms with Crippen molar-refractivity contribution >= 4 is 23.6 Å². The molecular weight excluding hydrogens is 916 g/mol. The third-order valence-corrected chi connectivity index (χ3v) is 13.0. The number of unbranched alkanes of at least 4 members (excludes halogenated alkanes) is 2. The van der Waals surface area contributed by atoms with Gasteiger partial charge >= 0.3 is 6.18 Å². The number of carbonyl (C=O) groups excluding carboxylic acids is 4. The van der Waals surface area contributed by atoms with E-state index in [-0.39, 0.29) is 42.3 Å². The van der Waals surface area contributed by atoms with Crippen LogP contribution in [0.15, 0.2) is 137 Å². The van der Waals surface area contributed by atoms with Crippen molar-refractivity contribution in [1.82, 2.24) is 36.9 Å². The summed E-state index contributed by atoms with van der Waals surface area (Å²) in [4.78, 5) is 56.4. The number of aromatic hydroxyl groups is 1. The van der Waals surface area contributed by atoms with Crippen molar-refractivity contribution in [3.05, 3.63) is 167 Å². The van der Waals surface area contributed by atoms with Crippen molar-refractivity contribution in [1.29, 1.82) is 0 Å². The monoisotopic (exact) mass is 973 g/mol. The number of nitrogens with one attached hydrogen (secondary N) is 6. The maximum absolute atomic E-state index is 13.6. The largest absolute Gasteiger partial charge is 0.508 e. The van der Waals surface area contributed by atoms with Crippen LogP contribution in [-0.2, 0) is 28.9 Å². The maximum atomic E-state index is 13.6. The molecule has 2 heterocycles. The summed E-state index contributed by atoms with van der Waals surface area (Å²) >= 11 is 0. The quantitative estimate of drug-likeness (QED) is 0.0275. The number of hydrogen-bond acceptors (Lipinski definition) is 10. The van der Waals surface area contributed by atoms with Gasteiger partial charge in [-0.3, -0.25) is 19.2 Å². The molecule has 4 aromatic carbocycles. The van der Waals surface area contributed by atoms with Gasteiger partial charge in [0.05, 0.1) is 18.0 Å². The van der Waals surface area contributed by atoms with Crippen molar-refractivity contribution in [3.63, 3.8) is 0 Å². The van der Waals surface area contributed by atoms with Gasteiger partial charge < -0.3 is 45.8 Å². The highest BCUT2D eigenvalue weighted by Gasteiger charge is 2.39. The third kappa shape index (κ3) is 14.4. The Morgan fingerprint density at radius 3 is 1.79 bits per heavy atom. The lowest BCUT2D eigenvalue weighted by molar-refractivity contribution is -0.137. The summed E-state index contributed by atoms with van der Waals surface area (Å²) in [5, 5.41) is 28.4. The molecule has 2 saturated carbocycles. The average Bonchev–Trinajstić information content (AvgIpc) is 4.15. The number of benzene rings is 4. The highest BCUT2D eigenvalue weighted by Crippen LogP contribution is 2.43. The first-order chi connectivity index (χ1) is 34.4. The second-order valence-electron chi connectivity index (χ2n) is 18.2. The molecule has 17 heteroatoms. The minimum absolute atomic E-state index is 0.0102. The Bertz CT molecular complexity index is 2710. The molecule has 6 atom stereocenters. The summed E-state index contributed by atoms with van der Waals surface area (Å²) in [6, 6.07) is 30.5. The van der Waals surface area contributed by atoms with Crippen LogP contribution in [0.4, 0.5) is 13.2 Å². The zero-order valence-electron chi connectivity index (χ0n) is 39.1. The van der Waals surface area contributed by atoms with Crippen LogP contribution in [0.2, 0.25) is 0 Å².